The molecule has 0 unspecified atom stereocenters. The van der Waals surface area contributed by atoms with Crippen LogP contribution >= 0.6 is 0 Å². The summed E-state index contributed by atoms with van der Waals surface area (Å²) in [6.45, 7) is 4.11. The van der Waals surface area contributed by atoms with Crippen molar-refractivity contribution in [3.05, 3.63) is 70.8 Å². The van der Waals surface area contributed by atoms with Crippen LogP contribution in [-0.2, 0) is 16.0 Å². The van der Waals surface area contributed by atoms with Crippen LogP contribution in [0.15, 0.2) is 48.5 Å². The first-order chi connectivity index (χ1) is 12.2. The summed E-state index contributed by atoms with van der Waals surface area (Å²) in [5.74, 6) is 5.15. The molecule has 0 saturated heterocycles. The van der Waals surface area contributed by atoms with Crippen LogP contribution < -0.4 is 0 Å². The van der Waals surface area contributed by atoms with Gasteiger partial charge in [-0.25, -0.2) is 4.79 Å². The van der Waals surface area contributed by atoms with Crippen molar-refractivity contribution in [2.45, 2.75) is 20.3 Å². The van der Waals surface area contributed by atoms with Gasteiger partial charge in [-0.05, 0) is 48.4 Å². The van der Waals surface area contributed by atoms with Crippen LogP contribution in [0.2, 0.25) is 0 Å². The lowest BCUT2D eigenvalue weighted by atomic mass is 10.1. The SMILES string of the molecule is CC.N#Cc1ccc(C#Cc2ccc(CCOCC(=O)O)cc2)cc1. The molecule has 4 nitrogen and oxygen atoms in total. The first-order valence-electron chi connectivity index (χ1n) is 8.08. The van der Waals surface area contributed by atoms with E-state index in [-0.39, 0.29) is 6.61 Å². The average molecular weight is 335 g/mol. The third-order valence-corrected chi connectivity index (χ3v) is 3.08. The number of rotatable bonds is 5. The Balaban J connectivity index is 0.00000151. The van der Waals surface area contributed by atoms with E-state index in [2.05, 4.69) is 17.9 Å². The molecule has 0 bridgehead atoms. The molecule has 25 heavy (non-hydrogen) atoms. The van der Waals surface area contributed by atoms with Gasteiger partial charge in [-0.2, -0.15) is 5.26 Å². The van der Waals surface area contributed by atoms with Gasteiger partial charge in [0.25, 0.3) is 0 Å². The molecule has 2 aromatic rings. The van der Waals surface area contributed by atoms with E-state index in [4.69, 9.17) is 15.1 Å². The molecule has 0 fully saturated rings. The van der Waals surface area contributed by atoms with Gasteiger partial charge in [0.15, 0.2) is 0 Å². The van der Waals surface area contributed by atoms with Crippen molar-refractivity contribution in [2.24, 2.45) is 0 Å². The Morgan fingerprint density at radius 1 is 0.960 bits per heavy atom. The van der Waals surface area contributed by atoms with Gasteiger partial charge >= 0.3 is 5.97 Å². The number of nitrogens with zero attached hydrogens (tertiary/aromatic N) is 1. The van der Waals surface area contributed by atoms with Crippen molar-refractivity contribution in [1.29, 1.82) is 5.26 Å². The van der Waals surface area contributed by atoms with Crippen molar-refractivity contribution in [2.75, 3.05) is 13.2 Å². The summed E-state index contributed by atoms with van der Waals surface area (Å²) < 4.78 is 5.00. The number of carbonyl (C=O) groups is 1. The van der Waals surface area contributed by atoms with E-state index in [9.17, 15) is 4.79 Å². The van der Waals surface area contributed by atoms with Gasteiger partial charge in [-0.1, -0.05) is 37.8 Å². The molecule has 0 heterocycles. The molecule has 0 aliphatic carbocycles. The minimum absolute atomic E-state index is 0.270. The lowest BCUT2D eigenvalue weighted by Crippen LogP contribution is -2.08. The Bertz CT molecular complexity index is 760. The Labute approximate surface area is 148 Å². The van der Waals surface area contributed by atoms with Crippen molar-refractivity contribution in [3.63, 3.8) is 0 Å². The predicted octanol–water partition coefficient (Wildman–Crippen LogP) is 3.63. The fraction of sp³-hybridized carbons (Fsp3) is 0.238. The smallest absolute Gasteiger partial charge is 0.329 e. The molecule has 0 atom stereocenters. The number of carboxylic acids is 1. The zero-order valence-electron chi connectivity index (χ0n) is 14.5. The first kappa shape index (κ1) is 20.0. The van der Waals surface area contributed by atoms with Crippen LogP contribution in [0.5, 0.6) is 0 Å². The minimum Gasteiger partial charge on any atom is -0.480 e. The van der Waals surface area contributed by atoms with Crippen molar-refractivity contribution >= 4 is 5.97 Å². The Kier molecular flexibility index (Phi) is 9.15. The van der Waals surface area contributed by atoms with Crippen molar-refractivity contribution < 1.29 is 14.6 Å². The summed E-state index contributed by atoms with van der Waals surface area (Å²) in [5.41, 5.74) is 3.43. The highest BCUT2D eigenvalue weighted by Crippen LogP contribution is 2.06. The highest BCUT2D eigenvalue weighted by molar-refractivity contribution is 5.67. The van der Waals surface area contributed by atoms with Crippen LogP contribution in [0.25, 0.3) is 0 Å². The molecular weight excluding hydrogens is 314 g/mol. The Morgan fingerprint density at radius 2 is 1.44 bits per heavy atom. The predicted molar refractivity (Wildman–Crippen MR) is 97.1 cm³/mol. The monoisotopic (exact) mass is 335 g/mol. The maximum Gasteiger partial charge on any atom is 0.329 e. The van der Waals surface area contributed by atoms with E-state index in [1.807, 2.05) is 50.2 Å². The number of ether oxygens (including phenoxy) is 1. The van der Waals surface area contributed by atoms with E-state index < -0.39 is 5.97 Å². The number of benzene rings is 2. The first-order valence-corrected chi connectivity index (χ1v) is 8.08. The number of nitriles is 1. The number of carboxylic acid groups (broad SMARTS) is 1. The quantitative estimate of drug-likeness (QED) is 0.669. The normalized spacial score (nSPS) is 9.00. The van der Waals surface area contributed by atoms with Gasteiger partial charge in [0.2, 0.25) is 0 Å². The second kappa shape index (κ2) is 11.5. The molecular formula is C21H21NO3. The summed E-state index contributed by atoms with van der Waals surface area (Å²) in [6, 6.07) is 16.9. The topological polar surface area (TPSA) is 70.3 Å². The van der Waals surface area contributed by atoms with Crippen molar-refractivity contribution in [1.82, 2.24) is 0 Å². The van der Waals surface area contributed by atoms with Gasteiger partial charge in [0, 0.05) is 11.1 Å². The van der Waals surface area contributed by atoms with E-state index >= 15 is 0 Å². The maximum atomic E-state index is 10.3. The molecule has 0 saturated carbocycles. The molecule has 4 heteroatoms. The average Bonchev–Trinajstić information content (AvgIpc) is 2.66. The molecule has 128 valence electrons. The van der Waals surface area contributed by atoms with Crippen LogP contribution in [-0.4, -0.2) is 24.3 Å². The number of aliphatic carboxylic acids is 1. The molecule has 0 radical (unpaired) electrons. The molecule has 0 spiro atoms. The largest absolute Gasteiger partial charge is 0.480 e. The molecule has 0 amide bonds. The van der Waals surface area contributed by atoms with E-state index in [1.54, 1.807) is 12.1 Å². The summed E-state index contributed by atoms with van der Waals surface area (Å²) >= 11 is 0. The Morgan fingerprint density at radius 3 is 1.92 bits per heavy atom. The molecule has 0 aliphatic rings. The van der Waals surface area contributed by atoms with E-state index in [1.165, 1.54) is 0 Å². The second-order valence-corrected chi connectivity index (χ2v) is 4.83. The standard InChI is InChI=1S/C19H15NO3.C2H6/c20-13-18-9-7-16(8-10-18)2-1-15-3-5-17(6-4-15)11-12-23-14-19(21)22;1-2/h3-10H,11-12,14H2,(H,21,22);1-2H3. The third kappa shape index (κ3) is 7.83. The van der Waals surface area contributed by atoms with Gasteiger partial charge in [-0.15, -0.1) is 0 Å². The molecule has 0 aliphatic heterocycles. The highest BCUT2D eigenvalue weighted by atomic mass is 16.5. The summed E-state index contributed by atoms with van der Waals surface area (Å²) in [7, 11) is 0. The second-order valence-electron chi connectivity index (χ2n) is 4.83. The zero-order chi connectivity index (χ0) is 18.5. The molecule has 0 aromatic heterocycles. The summed E-state index contributed by atoms with van der Waals surface area (Å²) in [4.78, 5) is 10.3. The maximum absolute atomic E-state index is 10.3. The zero-order valence-corrected chi connectivity index (χ0v) is 14.5. The molecule has 2 aromatic carbocycles. The third-order valence-electron chi connectivity index (χ3n) is 3.08. The van der Waals surface area contributed by atoms with Crippen LogP contribution in [0.4, 0.5) is 0 Å². The molecule has 2 rings (SSSR count). The minimum atomic E-state index is -0.960. The van der Waals surface area contributed by atoms with Gasteiger partial charge < -0.3 is 9.84 Å². The van der Waals surface area contributed by atoms with Crippen LogP contribution in [0.3, 0.4) is 0 Å². The summed E-state index contributed by atoms with van der Waals surface area (Å²) in [5, 5.41) is 17.2. The molecule has 1 N–H and O–H groups in total. The fourth-order valence-corrected chi connectivity index (χ4v) is 1.88. The lowest BCUT2D eigenvalue weighted by molar-refractivity contribution is -0.142. The van der Waals surface area contributed by atoms with Gasteiger partial charge in [0.05, 0.1) is 18.2 Å². The van der Waals surface area contributed by atoms with Crippen LogP contribution in [0.1, 0.15) is 36.1 Å². The Hall–Kier alpha value is -3.08. The van der Waals surface area contributed by atoms with Gasteiger partial charge in [0.1, 0.15) is 6.61 Å². The highest BCUT2D eigenvalue weighted by Gasteiger charge is 1.97. The van der Waals surface area contributed by atoms with Crippen molar-refractivity contribution in [3.8, 4) is 17.9 Å². The van der Waals surface area contributed by atoms with Crippen LogP contribution in [0, 0.1) is 23.2 Å². The lowest BCUT2D eigenvalue weighted by Gasteiger charge is -2.02. The summed E-state index contributed by atoms with van der Waals surface area (Å²) in [6.07, 6.45) is 0.663. The number of hydrogen-bond acceptors (Lipinski definition) is 3. The fourth-order valence-electron chi connectivity index (χ4n) is 1.88. The van der Waals surface area contributed by atoms with E-state index in [0.717, 1.165) is 16.7 Å². The van der Waals surface area contributed by atoms with E-state index in [0.29, 0.717) is 18.6 Å². The van der Waals surface area contributed by atoms with Gasteiger partial charge in [-0.3, -0.25) is 0 Å². The number of hydrogen-bond donors (Lipinski definition) is 1.